The Morgan fingerprint density at radius 3 is 2.92 bits per heavy atom. The number of benzene rings is 1. The first-order valence-electron chi connectivity index (χ1n) is 3.80. The second kappa shape index (κ2) is 2.11. The van der Waals surface area contributed by atoms with Crippen molar-refractivity contribution in [3.05, 3.63) is 36.6 Å². The van der Waals surface area contributed by atoms with Gasteiger partial charge in [0.05, 0.1) is 6.26 Å². The van der Waals surface area contributed by atoms with Crippen LogP contribution in [0.25, 0.3) is 20.4 Å². The molecule has 1 aromatic carbocycles. The molecule has 0 spiro atoms. The van der Waals surface area contributed by atoms with E-state index in [0.717, 1.165) is 4.90 Å². The Bertz CT molecular complexity index is 532. The van der Waals surface area contributed by atoms with Gasteiger partial charge in [0.15, 0.2) is 4.90 Å². The van der Waals surface area contributed by atoms with Gasteiger partial charge in [0.2, 0.25) is 0 Å². The van der Waals surface area contributed by atoms with Gasteiger partial charge in [0, 0.05) is 15.5 Å². The molecule has 2 heteroatoms. The van der Waals surface area contributed by atoms with E-state index in [-0.39, 0.29) is 0 Å². The zero-order valence-corrected chi connectivity index (χ0v) is 7.10. The third-order valence-electron chi connectivity index (χ3n) is 2.01. The van der Waals surface area contributed by atoms with E-state index in [1.54, 1.807) is 17.6 Å². The standard InChI is InChI=1S/C10H6OS/c1-2-4-9-7(3-1)8-5-6-11-10(8)12-9/h1-6H. The highest BCUT2D eigenvalue weighted by Crippen LogP contribution is 2.33. The Labute approximate surface area is 73.2 Å². The van der Waals surface area contributed by atoms with Crippen molar-refractivity contribution in [1.82, 2.24) is 0 Å². The van der Waals surface area contributed by atoms with Crippen molar-refractivity contribution < 1.29 is 4.42 Å². The van der Waals surface area contributed by atoms with Crippen LogP contribution in [0, 0.1) is 0 Å². The van der Waals surface area contributed by atoms with Crippen LogP contribution in [-0.4, -0.2) is 0 Å². The molecule has 0 fully saturated rings. The lowest BCUT2D eigenvalue weighted by Crippen LogP contribution is -1.59. The average molecular weight is 174 g/mol. The quantitative estimate of drug-likeness (QED) is 0.507. The second-order valence-electron chi connectivity index (χ2n) is 2.72. The molecule has 0 bridgehead atoms. The van der Waals surface area contributed by atoms with Crippen LogP contribution in [0.3, 0.4) is 0 Å². The van der Waals surface area contributed by atoms with E-state index in [9.17, 15) is 0 Å². The third-order valence-corrected chi connectivity index (χ3v) is 3.09. The minimum absolute atomic E-state index is 1.02. The van der Waals surface area contributed by atoms with Gasteiger partial charge in [-0.05, 0) is 12.1 Å². The summed E-state index contributed by atoms with van der Waals surface area (Å²) in [7, 11) is 0. The van der Waals surface area contributed by atoms with Crippen molar-refractivity contribution in [2.75, 3.05) is 0 Å². The van der Waals surface area contributed by atoms with Gasteiger partial charge < -0.3 is 4.42 Å². The fourth-order valence-electron chi connectivity index (χ4n) is 1.45. The van der Waals surface area contributed by atoms with E-state index in [4.69, 9.17) is 4.42 Å². The largest absolute Gasteiger partial charge is 0.454 e. The van der Waals surface area contributed by atoms with E-state index < -0.39 is 0 Å². The summed E-state index contributed by atoms with van der Waals surface area (Å²) in [5.74, 6) is 0. The Hall–Kier alpha value is -1.28. The average Bonchev–Trinajstić information content (AvgIpc) is 2.62. The Kier molecular flexibility index (Phi) is 1.10. The lowest BCUT2D eigenvalue weighted by molar-refractivity contribution is 0.624. The van der Waals surface area contributed by atoms with Gasteiger partial charge in [0.25, 0.3) is 0 Å². The number of hydrogen-bond acceptors (Lipinski definition) is 2. The summed E-state index contributed by atoms with van der Waals surface area (Å²) in [6, 6.07) is 10.4. The van der Waals surface area contributed by atoms with Crippen molar-refractivity contribution >= 4 is 31.7 Å². The molecule has 3 aromatic rings. The summed E-state index contributed by atoms with van der Waals surface area (Å²) in [5.41, 5.74) is 0. The van der Waals surface area contributed by atoms with Gasteiger partial charge >= 0.3 is 0 Å². The van der Waals surface area contributed by atoms with Crippen molar-refractivity contribution in [3.63, 3.8) is 0 Å². The molecule has 0 amide bonds. The molecule has 0 radical (unpaired) electrons. The molecular formula is C10H6OS. The SMILES string of the molecule is c1ccc2c(c1)sc1occc12. The number of thiophene rings is 1. The van der Waals surface area contributed by atoms with Crippen LogP contribution in [0.5, 0.6) is 0 Å². The summed E-state index contributed by atoms with van der Waals surface area (Å²) in [6.07, 6.45) is 1.74. The Balaban J connectivity index is 2.68. The lowest BCUT2D eigenvalue weighted by atomic mass is 10.2. The number of hydrogen-bond donors (Lipinski definition) is 0. The van der Waals surface area contributed by atoms with Crippen LogP contribution < -0.4 is 0 Å². The normalized spacial score (nSPS) is 11.3. The first kappa shape index (κ1) is 6.26. The molecule has 0 aliphatic carbocycles. The van der Waals surface area contributed by atoms with E-state index in [1.807, 2.05) is 6.07 Å². The van der Waals surface area contributed by atoms with E-state index in [0.29, 0.717) is 0 Å². The van der Waals surface area contributed by atoms with Crippen molar-refractivity contribution in [3.8, 4) is 0 Å². The van der Waals surface area contributed by atoms with E-state index in [2.05, 4.69) is 24.3 Å². The molecule has 0 aliphatic rings. The second-order valence-corrected chi connectivity index (χ2v) is 3.73. The van der Waals surface area contributed by atoms with Crippen LogP contribution in [-0.2, 0) is 0 Å². The molecule has 3 rings (SSSR count). The molecule has 0 N–H and O–H groups in total. The van der Waals surface area contributed by atoms with Crippen LogP contribution in [0.15, 0.2) is 41.0 Å². The molecule has 58 valence electrons. The minimum Gasteiger partial charge on any atom is -0.454 e. The highest BCUT2D eigenvalue weighted by Gasteiger charge is 2.04. The zero-order chi connectivity index (χ0) is 7.97. The van der Waals surface area contributed by atoms with Crippen LogP contribution in [0.4, 0.5) is 0 Å². The predicted octanol–water partition coefficient (Wildman–Crippen LogP) is 3.65. The molecule has 2 aromatic heterocycles. The predicted molar refractivity (Wildman–Crippen MR) is 51.6 cm³/mol. The van der Waals surface area contributed by atoms with Crippen molar-refractivity contribution in [2.45, 2.75) is 0 Å². The highest BCUT2D eigenvalue weighted by molar-refractivity contribution is 7.25. The monoisotopic (exact) mass is 174 g/mol. The summed E-state index contributed by atoms with van der Waals surface area (Å²) in [4.78, 5) is 1.02. The maximum atomic E-state index is 5.32. The van der Waals surface area contributed by atoms with Gasteiger partial charge in [-0.3, -0.25) is 0 Å². The van der Waals surface area contributed by atoms with Gasteiger partial charge in [-0.15, -0.1) is 0 Å². The third kappa shape index (κ3) is 0.676. The van der Waals surface area contributed by atoms with Gasteiger partial charge in [0.1, 0.15) is 0 Å². The fraction of sp³-hybridized carbons (Fsp3) is 0. The van der Waals surface area contributed by atoms with Gasteiger partial charge in [-0.25, -0.2) is 0 Å². The zero-order valence-electron chi connectivity index (χ0n) is 6.28. The lowest BCUT2D eigenvalue weighted by Gasteiger charge is -1.84. The summed E-state index contributed by atoms with van der Waals surface area (Å²) < 4.78 is 6.62. The summed E-state index contributed by atoms with van der Waals surface area (Å²) in [6.45, 7) is 0. The Morgan fingerprint density at radius 1 is 1.00 bits per heavy atom. The maximum Gasteiger partial charge on any atom is 0.188 e. The maximum absolute atomic E-state index is 5.32. The summed E-state index contributed by atoms with van der Waals surface area (Å²) in [5, 5.41) is 2.53. The van der Waals surface area contributed by atoms with Crippen LogP contribution in [0.2, 0.25) is 0 Å². The smallest absolute Gasteiger partial charge is 0.188 e. The Morgan fingerprint density at radius 2 is 1.92 bits per heavy atom. The van der Waals surface area contributed by atoms with Gasteiger partial charge in [-0.2, -0.15) is 0 Å². The van der Waals surface area contributed by atoms with Crippen molar-refractivity contribution in [1.29, 1.82) is 0 Å². The van der Waals surface area contributed by atoms with E-state index in [1.165, 1.54) is 15.5 Å². The molecule has 12 heavy (non-hydrogen) atoms. The molecule has 0 unspecified atom stereocenters. The van der Waals surface area contributed by atoms with Crippen LogP contribution in [0.1, 0.15) is 0 Å². The number of rotatable bonds is 0. The molecule has 1 nitrogen and oxygen atoms in total. The first-order chi connectivity index (χ1) is 5.95. The molecule has 0 aliphatic heterocycles. The molecule has 2 heterocycles. The number of furan rings is 1. The molecule has 0 atom stereocenters. The summed E-state index contributed by atoms with van der Waals surface area (Å²) >= 11 is 1.70. The highest BCUT2D eigenvalue weighted by atomic mass is 32.1. The van der Waals surface area contributed by atoms with E-state index >= 15 is 0 Å². The fourth-order valence-corrected chi connectivity index (χ4v) is 2.48. The first-order valence-corrected chi connectivity index (χ1v) is 4.61. The molecule has 0 saturated heterocycles. The van der Waals surface area contributed by atoms with Crippen LogP contribution >= 0.6 is 11.3 Å². The minimum atomic E-state index is 1.02. The molecule has 0 saturated carbocycles. The topological polar surface area (TPSA) is 13.1 Å². The molecular weight excluding hydrogens is 168 g/mol. The van der Waals surface area contributed by atoms with Crippen molar-refractivity contribution in [2.24, 2.45) is 0 Å². The van der Waals surface area contributed by atoms with Gasteiger partial charge in [-0.1, -0.05) is 29.5 Å². The number of fused-ring (bicyclic) bond motifs is 3.